The minimum absolute atomic E-state index is 0.0346. The lowest BCUT2D eigenvalue weighted by molar-refractivity contribution is -0.119. The Morgan fingerprint density at radius 1 is 1.32 bits per heavy atom. The van der Waals surface area contributed by atoms with Gasteiger partial charge in [-0.05, 0) is 24.6 Å². The normalized spacial score (nSPS) is 12.3. The summed E-state index contributed by atoms with van der Waals surface area (Å²) in [6.45, 7) is 2.41. The van der Waals surface area contributed by atoms with Gasteiger partial charge in [0.05, 0.1) is 17.0 Å². The van der Waals surface area contributed by atoms with Crippen LogP contribution in [0, 0.1) is 5.92 Å². The van der Waals surface area contributed by atoms with E-state index in [0.29, 0.717) is 6.54 Å². The van der Waals surface area contributed by atoms with Crippen LogP contribution in [0.25, 0.3) is 11.0 Å². The van der Waals surface area contributed by atoms with E-state index in [1.807, 2.05) is 25.1 Å². The van der Waals surface area contributed by atoms with E-state index >= 15 is 0 Å². The molecule has 3 N–H and O–H groups in total. The van der Waals surface area contributed by atoms with Gasteiger partial charge in [-0.1, -0.05) is 13.3 Å². The van der Waals surface area contributed by atoms with E-state index in [1.54, 1.807) is 12.4 Å². The highest BCUT2D eigenvalue weighted by Gasteiger charge is 2.15. The fourth-order valence-corrected chi connectivity index (χ4v) is 1.99. The molecule has 1 heterocycles. The lowest BCUT2D eigenvalue weighted by Gasteiger charge is -2.14. The summed E-state index contributed by atoms with van der Waals surface area (Å²) in [5.74, 6) is -0.171. The Bertz CT molecular complexity index is 570. The van der Waals surface area contributed by atoms with Crippen molar-refractivity contribution in [2.24, 2.45) is 11.7 Å². The molecule has 1 aromatic heterocycles. The van der Waals surface area contributed by atoms with Gasteiger partial charge in [-0.15, -0.1) is 0 Å². The molecule has 0 aliphatic carbocycles. The van der Waals surface area contributed by atoms with Crippen LogP contribution in [0.5, 0.6) is 0 Å². The Hall–Kier alpha value is -2.01. The molecule has 0 fully saturated rings. The van der Waals surface area contributed by atoms with E-state index in [-0.39, 0.29) is 11.8 Å². The summed E-state index contributed by atoms with van der Waals surface area (Å²) in [6.07, 6.45) is 5.02. The molecule has 1 unspecified atom stereocenters. The number of anilines is 1. The molecule has 0 aliphatic rings. The van der Waals surface area contributed by atoms with Crippen LogP contribution >= 0.6 is 0 Å². The van der Waals surface area contributed by atoms with E-state index in [1.165, 1.54) is 0 Å². The molecule has 1 amide bonds. The zero-order valence-electron chi connectivity index (χ0n) is 11.0. The predicted octanol–water partition coefficient (Wildman–Crippen LogP) is 1.94. The molecule has 19 heavy (non-hydrogen) atoms. The largest absolute Gasteiger partial charge is 0.330 e. The fraction of sp³-hybridized carbons (Fsp3) is 0.357. The van der Waals surface area contributed by atoms with Gasteiger partial charge in [0.1, 0.15) is 0 Å². The number of aromatic nitrogens is 2. The average Bonchev–Trinajstić information content (AvgIpc) is 2.44. The molecule has 1 aromatic carbocycles. The third-order valence-electron chi connectivity index (χ3n) is 3.03. The number of rotatable bonds is 5. The summed E-state index contributed by atoms with van der Waals surface area (Å²) < 4.78 is 0. The Kier molecular flexibility index (Phi) is 4.41. The van der Waals surface area contributed by atoms with E-state index in [9.17, 15) is 4.79 Å². The van der Waals surface area contributed by atoms with E-state index in [4.69, 9.17) is 5.73 Å². The van der Waals surface area contributed by atoms with Crippen molar-refractivity contribution < 1.29 is 4.79 Å². The molecule has 5 heteroatoms. The molecule has 2 aromatic rings. The first-order valence-electron chi connectivity index (χ1n) is 6.46. The van der Waals surface area contributed by atoms with Crippen LogP contribution in [-0.2, 0) is 4.79 Å². The van der Waals surface area contributed by atoms with Gasteiger partial charge in [0.2, 0.25) is 5.91 Å². The van der Waals surface area contributed by atoms with Crippen molar-refractivity contribution in [3.05, 3.63) is 30.6 Å². The Balaban J connectivity index is 2.14. The van der Waals surface area contributed by atoms with Crippen LogP contribution < -0.4 is 11.1 Å². The molecule has 0 radical (unpaired) electrons. The lowest BCUT2D eigenvalue weighted by Crippen LogP contribution is -2.29. The molecule has 5 nitrogen and oxygen atoms in total. The van der Waals surface area contributed by atoms with Crippen LogP contribution in [0.2, 0.25) is 0 Å². The third kappa shape index (κ3) is 3.26. The second kappa shape index (κ2) is 6.24. The number of carbonyl (C=O) groups excluding carboxylic acids is 1. The smallest absolute Gasteiger partial charge is 0.228 e. The molecule has 0 aliphatic heterocycles. The van der Waals surface area contributed by atoms with E-state index in [0.717, 1.165) is 29.6 Å². The standard InChI is InChI=1S/C14H18N4O/c1-2-3-10(9-15)14(19)18-11-4-5-12-13(8-11)17-7-6-16-12/h4-8,10H,2-3,9,15H2,1H3,(H,18,19). The SMILES string of the molecule is CCCC(CN)C(=O)Nc1ccc2nccnc2c1. The first-order valence-corrected chi connectivity index (χ1v) is 6.46. The molecule has 0 spiro atoms. The molecule has 1 atom stereocenters. The molecule has 0 saturated carbocycles. The number of nitrogens with one attached hydrogen (secondary N) is 1. The number of benzene rings is 1. The zero-order chi connectivity index (χ0) is 13.7. The minimum atomic E-state index is -0.137. The molecule has 100 valence electrons. The number of fused-ring (bicyclic) bond motifs is 1. The van der Waals surface area contributed by atoms with Gasteiger partial charge in [0.25, 0.3) is 0 Å². The van der Waals surface area contributed by atoms with Crippen LogP contribution in [0.15, 0.2) is 30.6 Å². The molecule has 0 bridgehead atoms. The fourth-order valence-electron chi connectivity index (χ4n) is 1.99. The van der Waals surface area contributed by atoms with E-state index < -0.39 is 0 Å². The second-order valence-corrected chi connectivity index (χ2v) is 4.47. The lowest BCUT2D eigenvalue weighted by atomic mass is 10.0. The summed E-state index contributed by atoms with van der Waals surface area (Å²) in [6, 6.07) is 5.49. The van der Waals surface area contributed by atoms with Crippen molar-refractivity contribution in [2.45, 2.75) is 19.8 Å². The molecular weight excluding hydrogens is 240 g/mol. The van der Waals surface area contributed by atoms with Gasteiger partial charge in [0.15, 0.2) is 0 Å². The number of carbonyl (C=O) groups is 1. The molecule has 2 rings (SSSR count). The van der Waals surface area contributed by atoms with Crippen molar-refractivity contribution in [1.29, 1.82) is 0 Å². The topological polar surface area (TPSA) is 80.9 Å². The zero-order valence-corrected chi connectivity index (χ0v) is 11.0. The maximum absolute atomic E-state index is 12.0. The second-order valence-electron chi connectivity index (χ2n) is 4.47. The third-order valence-corrected chi connectivity index (χ3v) is 3.03. The number of hydrogen-bond donors (Lipinski definition) is 2. The van der Waals surface area contributed by atoms with Crippen LogP contribution in [0.4, 0.5) is 5.69 Å². The first kappa shape index (κ1) is 13.4. The highest BCUT2D eigenvalue weighted by molar-refractivity contribution is 5.94. The number of hydrogen-bond acceptors (Lipinski definition) is 4. The predicted molar refractivity (Wildman–Crippen MR) is 75.6 cm³/mol. The number of nitrogens with two attached hydrogens (primary N) is 1. The summed E-state index contributed by atoms with van der Waals surface area (Å²) >= 11 is 0. The van der Waals surface area contributed by atoms with Crippen molar-refractivity contribution in [1.82, 2.24) is 9.97 Å². The number of nitrogens with zero attached hydrogens (tertiary/aromatic N) is 2. The maximum atomic E-state index is 12.0. The number of amides is 1. The van der Waals surface area contributed by atoms with Gasteiger partial charge in [-0.2, -0.15) is 0 Å². The van der Waals surface area contributed by atoms with Crippen LogP contribution in [0.3, 0.4) is 0 Å². The van der Waals surface area contributed by atoms with Gasteiger partial charge in [-0.3, -0.25) is 14.8 Å². The van der Waals surface area contributed by atoms with Crippen LogP contribution in [-0.4, -0.2) is 22.4 Å². The highest BCUT2D eigenvalue weighted by Crippen LogP contribution is 2.16. The summed E-state index contributed by atoms with van der Waals surface area (Å²) in [4.78, 5) is 20.4. The Morgan fingerprint density at radius 2 is 2.05 bits per heavy atom. The van der Waals surface area contributed by atoms with Gasteiger partial charge < -0.3 is 11.1 Å². The molecule has 0 saturated heterocycles. The van der Waals surface area contributed by atoms with Gasteiger partial charge in [0, 0.05) is 24.6 Å². The maximum Gasteiger partial charge on any atom is 0.228 e. The van der Waals surface area contributed by atoms with Gasteiger partial charge in [-0.25, -0.2) is 0 Å². The van der Waals surface area contributed by atoms with Crippen molar-refractivity contribution in [3.8, 4) is 0 Å². The summed E-state index contributed by atoms with van der Waals surface area (Å²) in [7, 11) is 0. The average molecular weight is 258 g/mol. The quantitative estimate of drug-likeness (QED) is 0.858. The van der Waals surface area contributed by atoms with Crippen molar-refractivity contribution in [3.63, 3.8) is 0 Å². The highest BCUT2D eigenvalue weighted by atomic mass is 16.1. The first-order chi connectivity index (χ1) is 9.24. The van der Waals surface area contributed by atoms with Crippen molar-refractivity contribution in [2.75, 3.05) is 11.9 Å². The van der Waals surface area contributed by atoms with Crippen LogP contribution in [0.1, 0.15) is 19.8 Å². The molecular formula is C14H18N4O. The van der Waals surface area contributed by atoms with Gasteiger partial charge >= 0.3 is 0 Å². The Morgan fingerprint density at radius 3 is 2.74 bits per heavy atom. The minimum Gasteiger partial charge on any atom is -0.330 e. The summed E-state index contributed by atoms with van der Waals surface area (Å²) in [5, 5.41) is 2.88. The van der Waals surface area contributed by atoms with Crippen molar-refractivity contribution >= 4 is 22.6 Å². The monoisotopic (exact) mass is 258 g/mol. The Labute approximate surface area is 112 Å². The van der Waals surface area contributed by atoms with E-state index in [2.05, 4.69) is 15.3 Å². The summed E-state index contributed by atoms with van der Waals surface area (Å²) in [5.41, 5.74) is 7.92.